The molecule has 106 valence electrons. The Kier molecular flexibility index (Phi) is 3.42. The van der Waals surface area contributed by atoms with Gasteiger partial charge in [0.1, 0.15) is 18.0 Å². The van der Waals surface area contributed by atoms with E-state index in [1.807, 2.05) is 0 Å². The number of rotatable bonds is 4. The molecule has 21 heavy (non-hydrogen) atoms. The molecule has 3 rings (SSSR count). The van der Waals surface area contributed by atoms with Gasteiger partial charge in [-0.2, -0.15) is 4.98 Å². The fourth-order valence-electron chi connectivity index (χ4n) is 1.67. The molecule has 0 aliphatic heterocycles. The molecule has 8 heteroatoms. The molecule has 0 saturated heterocycles. The number of hydrogen-bond donors (Lipinski definition) is 1. The molecule has 3 aromatic heterocycles. The van der Waals surface area contributed by atoms with Crippen LogP contribution in [0.3, 0.4) is 0 Å². The molecule has 0 fully saturated rings. The van der Waals surface area contributed by atoms with E-state index in [9.17, 15) is 4.79 Å². The predicted molar refractivity (Wildman–Crippen MR) is 69.9 cm³/mol. The lowest BCUT2D eigenvalue weighted by Gasteiger charge is -2.07. The maximum absolute atomic E-state index is 11.9. The van der Waals surface area contributed by atoms with Crippen LogP contribution in [0.4, 0.5) is 0 Å². The molecule has 0 unspecified atom stereocenters. The summed E-state index contributed by atoms with van der Waals surface area (Å²) in [5, 5.41) is 6.55. The van der Waals surface area contributed by atoms with Crippen molar-refractivity contribution >= 4 is 5.91 Å². The average Bonchev–Trinajstić information content (AvgIpc) is 3.20. The summed E-state index contributed by atoms with van der Waals surface area (Å²) in [6, 6.07) is 1.13. The van der Waals surface area contributed by atoms with Crippen LogP contribution in [-0.2, 0) is 0 Å². The molecule has 1 amide bonds. The van der Waals surface area contributed by atoms with E-state index in [2.05, 4.69) is 25.4 Å². The third-order valence-corrected chi connectivity index (χ3v) is 2.74. The highest BCUT2D eigenvalue weighted by Gasteiger charge is 2.19. The van der Waals surface area contributed by atoms with Crippen LogP contribution in [0.15, 0.2) is 46.1 Å². The fraction of sp³-hybridized carbons (Fsp3) is 0.154. The summed E-state index contributed by atoms with van der Waals surface area (Å²) >= 11 is 0. The number of carbonyl (C=O) groups excluding carboxylic acids is 1. The summed E-state index contributed by atoms with van der Waals surface area (Å²) in [6.07, 6.45) is 7.41. The second-order valence-electron chi connectivity index (χ2n) is 4.25. The van der Waals surface area contributed by atoms with Gasteiger partial charge in [0.2, 0.25) is 11.7 Å². The number of aromatic nitrogens is 4. The second kappa shape index (κ2) is 5.53. The van der Waals surface area contributed by atoms with Crippen molar-refractivity contribution in [3.63, 3.8) is 0 Å². The topological polar surface area (TPSA) is 107 Å². The van der Waals surface area contributed by atoms with Gasteiger partial charge < -0.3 is 14.3 Å². The molecule has 3 aromatic rings. The highest BCUT2D eigenvalue weighted by atomic mass is 16.5. The van der Waals surface area contributed by atoms with Gasteiger partial charge in [0.05, 0.1) is 18.0 Å². The van der Waals surface area contributed by atoms with Crippen molar-refractivity contribution in [2.45, 2.75) is 13.0 Å². The van der Waals surface area contributed by atoms with Crippen molar-refractivity contribution < 1.29 is 13.7 Å². The highest BCUT2D eigenvalue weighted by molar-refractivity contribution is 5.93. The first-order valence-electron chi connectivity index (χ1n) is 6.17. The van der Waals surface area contributed by atoms with Crippen molar-refractivity contribution in [3.05, 3.63) is 48.6 Å². The van der Waals surface area contributed by atoms with Crippen molar-refractivity contribution in [2.75, 3.05) is 0 Å². The molecule has 0 bridgehead atoms. The molecule has 8 nitrogen and oxygen atoms in total. The molecule has 1 N–H and O–H groups in total. The largest absolute Gasteiger partial charge is 0.472 e. The second-order valence-corrected chi connectivity index (χ2v) is 4.25. The van der Waals surface area contributed by atoms with E-state index >= 15 is 0 Å². The minimum atomic E-state index is -0.440. The lowest BCUT2D eigenvalue weighted by molar-refractivity contribution is 0.0932. The molecule has 0 aliphatic rings. The van der Waals surface area contributed by atoms with E-state index in [4.69, 9.17) is 8.94 Å². The lowest BCUT2D eigenvalue weighted by atomic mass is 10.2. The summed E-state index contributed by atoms with van der Waals surface area (Å²) in [5.74, 6) is 0.325. The Morgan fingerprint density at radius 1 is 1.38 bits per heavy atom. The standard InChI is InChI=1S/C13H11N5O3/c1-8(16-12(19)9-2-5-20-7-9)13-17-11(18-21-13)10-6-14-3-4-15-10/h2-8H,1H3,(H,16,19)/t8-/m0/s1. The molecule has 0 aliphatic carbocycles. The molecule has 0 spiro atoms. The molecular formula is C13H11N5O3. The minimum Gasteiger partial charge on any atom is -0.472 e. The quantitative estimate of drug-likeness (QED) is 0.775. The maximum atomic E-state index is 11.9. The number of hydrogen-bond acceptors (Lipinski definition) is 7. The van der Waals surface area contributed by atoms with Gasteiger partial charge in [0.15, 0.2) is 0 Å². The summed E-state index contributed by atoms with van der Waals surface area (Å²) in [5.41, 5.74) is 0.927. The van der Waals surface area contributed by atoms with Gasteiger partial charge in [-0.25, -0.2) is 4.98 Å². The summed E-state index contributed by atoms with van der Waals surface area (Å²) in [6.45, 7) is 1.74. The Morgan fingerprint density at radius 2 is 2.29 bits per heavy atom. The fourth-order valence-corrected chi connectivity index (χ4v) is 1.67. The Hall–Kier alpha value is -3.03. The number of nitrogens with one attached hydrogen (secondary N) is 1. The Labute approximate surface area is 119 Å². The third-order valence-electron chi connectivity index (χ3n) is 2.74. The van der Waals surface area contributed by atoms with Crippen LogP contribution >= 0.6 is 0 Å². The van der Waals surface area contributed by atoms with Crippen LogP contribution in [0.2, 0.25) is 0 Å². The first-order chi connectivity index (χ1) is 10.2. The van der Waals surface area contributed by atoms with Crippen LogP contribution in [-0.4, -0.2) is 26.0 Å². The molecule has 0 radical (unpaired) electrons. The Morgan fingerprint density at radius 3 is 3.00 bits per heavy atom. The average molecular weight is 285 g/mol. The van der Waals surface area contributed by atoms with Crippen molar-refractivity contribution in [1.82, 2.24) is 25.4 Å². The predicted octanol–water partition coefficient (Wildman–Crippen LogP) is 1.61. The van der Waals surface area contributed by atoms with E-state index in [1.165, 1.54) is 24.9 Å². The van der Waals surface area contributed by atoms with E-state index in [0.29, 0.717) is 17.1 Å². The van der Waals surface area contributed by atoms with Gasteiger partial charge in [-0.05, 0) is 13.0 Å². The van der Waals surface area contributed by atoms with E-state index < -0.39 is 6.04 Å². The molecule has 0 aromatic carbocycles. The number of carbonyl (C=O) groups is 1. The van der Waals surface area contributed by atoms with Crippen molar-refractivity contribution in [3.8, 4) is 11.5 Å². The van der Waals surface area contributed by atoms with Gasteiger partial charge in [0, 0.05) is 12.4 Å². The third kappa shape index (κ3) is 2.78. The number of amides is 1. The summed E-state index contributed by atoms with van der Waals surface area (Å²) in [7, 11) is 0. The molecule has 0 saturated carbocycles. The summed E-state index contributed by atoms with van der Waals surface area (Å²) in [4.78, 5) is 24.1. The smallest absolute Gasteiger partial charge is 0.255 e. The first kappa shape index (κ1) is 13.0. The lowest BCUT2D eigenvalue weighted by Crippen LogP contribution is -2.26. The van der Waals surface area contributed by atoms with E-state index in [-0.39, 0.29) is 11.8 Å². The zero-order valence-electron chi connectivity index (χ0n) is 11.1. The van der Waals surface area contributed by atoms with E-state index in [0.717, 1.165) is 0 Å². The summed E-state index contributed by atoms with van der Waals surface area (Å²) < 4.78 is 9.99. The first-order valence-corrected chi connectivity index (χ1v) is 6.17. The van der Waals surface area contributed by atoms with Gasteiger partial charge in [-0.1, -0.05) is 5.16 Å². The van der Waals surface area contributed by atoms with Crippen LogP contribution in [0.1, 0.15) is 29.2 Å². The van der Waals surface area contributed by atoms with Gasteiger partial charge >= 0.3 is 0 Å². The molecule has 1 atom stereocenters. The van der Waals surface area contributed by atoms with Gasteiger partial charge in [-0.3, -0.25) is 9.78 Å². The molecule has 3 heterocycles. The van der Waals surface area contributed by atoms with Crippen LogP contribution in [0.5, 0.6) is 0 Å². The minimum absolute atomic E-state index is 0.282. The number of furan rings is 1. The van der Waals surface area contributed by atoms with Crippen molar-refractivity contribution in [2.24, 2.45) is 0 Å². The van der Waals surface area contributed by atoms with Crippen molar-refractivity contribution in [1.29, 1.82) is 0 Å². The van der Waals surface area contributed by atoms with Crippen LogP contribution in [0.25, 0.3) is 11.5 Å². The van der Waals surface area contributed by atoms with E-state index in [1.54, 1.807) is 19.2 Å². The monoisotopic (exact) mass is 285 g/mol. The van der Waals surface area contributed by atoms with Crippen LogP contribution in [0, 0.1) is 0 Å². The highest BCUT2D eigenvalue weighted by Crippen LogP contribution is 2.16. The SMILES string of the molecule is C[C@H](NC(=O)c1ccoc1)c1nc(-c2cnccn2)no1. The Bertz CT molecular complexity index is 723. The van der Waals surface area contributed by atoms with Gasteiger partial charge in [-0.15, -0.1) is 0 Å². The Balaban J connectivity index is 1.73. The van der Waals surface area contributed by atoms with Gasteiger partial charge in [0.25, 0.3) is 5.91 Å². The maximum Gasteiger partial charge on any atom is 0.255 e. The van der Waals surface area contributed by atoms with Crippen LogP contribution < -0.4 is 5.32 Å². The molecular weight excluding hydrogens is 274 g/mol. The zero-order valence-corrected chi connectivity index (χ0v) is 11.1. The zero-order chi connectivity index (χ0) is 14.7. The number of nitrogens with zero attached hydrogens (tertiary/aromatic N) is 4. The normalized spacial score (nSPS) is 12.0.